The Morgan fingerprint density at radius 1 is 1.35 bits per heavy atom. The van der Waals surface area contributed by atoms with E-state index in [-0.39, 0.29) is 29.3 Å². The van der Waals surface area contributed by atoms with E-state index in [0.717, 1.165) is 32.1 Å². The van der Waals surface area contributed by atoms with Gasteiger partial charge in [0, 0.05) is 17.2 Å². The lowest BCUT2D eigenvalue weighted by Crippen LogP contribution is -2.58. The Hall–Kier alpha value is 0.390. The number of rotatable bonds is 1. The number of halogens is 2. The van der Waals surface area contributed by atoms with E-state index >= 15 is 0 Å². The van der Waals surface area contributed by atoms with Gasteiger partial charge in [-0.05, 0) is 38.0 Å². The topological polar surface area (TPSA) is 46.5 Å². The first-order chi connectivity index (χ1) is 9.24. The van der Waals surface area contributed by atoms with Crippen LogP contribution in [0.1, 0.15) is 46.0 Å². The van der Waals surface area contributed by atoms with E-state index in [9.17, 15) is 9.90 Å². The average molecular weight is 410 g/mol. The Morgan fingerprint density at radius 3 is 2.70 bits per heavy atom. The van der Waals surface area contributed by atoms with E-state index in [4.69, 9.17) is 4.74 Å². The minimum Gasteiger partial charge on any atom is -0.460 e. The van der Waals surface area contributed by atoms with Crippen molar-refractivity contribution in [3.63, 3.8) is 0 Å². The number of ether oxygens (including phenoxy) is 1. The van der Waals surface area contributed by atoms with Crippen LogP contribution in [0.15, 0.2) is 0 Å². The molecule has 1 heterocycles. The number of fused-ring (bicyclic) bond motifs is 3. The first-order valence-corrected chi connectivity index (χ1v) is 9.34. The maximum absolute atomic E-state index is 12.3. The van der Waals surface area contributed by atoms with Gasteiger partial charge < -0.3 is 9.84 Å². The molecule has 3 fully saturated rings. The molecule has 0 spiro atoms. The summed E-state index contributed by atoms with van der Waals surface area (Å²) in [5.41, 5.74) is -0.644. The van der Waals surface area contributed by atoms with Crippen LogP contribution in [0.4, 0.5) is 0 Å². The van der Waals surface area contributed by atoms with Crippen molar-refractivity contribution in [2.24, 2.45) is 17.3 Å². The zero-order chi connectivity index (χ0) is 14.8. The van der Waals surface area contributed by atoms with Gasteiger partial charge in [-0.2, -0.15) is 0 Å². The molecule has 114 valence electrons. The van der Waals surface area contributed by atoms with Gasteiger partial charge in [-0.25, -0.2) is 0 Å². The molecule has 3 rings (SSSR count). The number of hydrogen-bond donors (Lipinski definition) is 1. The van der Waals surface area contributed by atoms with Gasteiger partial charge in [0.15, 0.2) is 0 Å². The number of esters is 1. The van der Waals surface area contributed by atoms with Gasteiger partial charge in [-0.3, -0.25) is 4.79 Å². The molecule has 3 nitrogen and oxygen atoms in total. The van der Waals surface area contributed by atoms with Crippen molar-refractivity contribution >= 4 is 37.8 Å². The van der Waals surface area contributed by atoms with Crippen LogP contribution in [0.25, 0.3) is 0 Å². The molecule has 3 aliphatic rings. The maximum atomic E-state index is 12.3. The second-order valence-corrected chi connectivity index (χ2v) is 9.33. The molecule has 0 amide bonds. The van der Waals surface area contributed by atoms with Gasteiger partial charge in [0.05, 0.1) is 5.60 Å². The number of hydrogen-bond acceptors (Lipinski definition) is 3. The number of carbonyl (C=O) groups is 1. The lowest BCUT2D eigenvalue weighted by Gasteiger charge is -2.56. The Kier molecular flexibility index (Phi) is 3.59. The van der Waals surface area contributed by atoms with Crippen molar-refractivity contribution in [1.29, 1.82) is 0 Å². The molecule has 1 aliphatic heterocycles. The molecule has 2 aliphatic carbocycles. The molecule has 1 saturated heterocycles. The maximum Gasteiger partial charge on any atom is 0.324 e. The van der Waals surface area contributed by atoms with Gasteiger partial charge in [-0.15, -0.1) is 0 Å². The van der Waals surface area contributed by atoms with Crippen molar-refractivity contribution in [3.05, 3.63) is 0 Å². The van der Waals surface area contributed by atoms with Crippen LogP contribution in [-0.4, -0.2) is 32.4 Å². The Balaban J connectivity index is 2.00. The minimum atomic E-state index is -0.735. The third kappa shape index (κ3) is 1.95. The Bertz CT molecular complexity index is 439. The number of alkyl halides is 2. The molecule has 6 atom stereocenters. The molecule has 1 N–H and O–H groups in total. The molecule has 0 bridgehead atoms. The van der Waals surface area contributed by atoms with Gasteiger partial charge in [0.25, 0.3) is 0 Å². The first-order valence-electron chi connectivity index (χ1n) is 7.43. The lowest BCUT2D eigenvalue weighted by molar-refractivity contribution is -0.181. The SMILES string of the molecule is C[C@]12CCC[C@](C)(O)[C@@H]1[C@H]1OC(=O)[C@@](Br)(CBr)[C@@H]1CC2. The van der Waals surface area contributed by atoms with Crippen LogP contribution in [0.2, 0.25) is 0 Å². The summed E-state index contributed by atoms with van der Waals surface area (Å²) in [6, 6.07) is 0. The third-order valence-electron chi connectivity index (χ3n) is 5.97. The zero-order valence-electron chi connectivity index (χ0n) is 12.0. The molecule has 2 saturated carbocycles. The van der Waals surface area contributed by atoms with Gasteiger partial charge in [0.2, 0.25) is 0 Å². The molecular formula is C15H22Br2O3. The fraction of sp³-hybridized carbons (Fsp3) is 0.933. The predicted octanol–water partition coefficient (Wildman–Crippen LogP) is 3.41. The predicted molar refractivity (Wildman–Crippen MR) is 84.1 cm³/mol. The summed E-state index contributed by atoms with van der Waals surface area (Å²) in [4.78, 5) is 12.3. The fourth-order valence-corrected chi connectivity index (χ4v) is 6.22. The van der Waals surface area contributed by atoms with Crippen molar-refractivity contribution in [2.45, 2.75) is 62.0 Å². The third-order valence-corrected chi connectivity index (χ3v) is 8.80. The highest BCUT2D eigenvalue weighted by molar-refractivity contribution is 9.12. The van der Waals surface area contributed by atoms with Crippen LogP contribution in [0.5, 0.6) is 0 Å². The normalized spacial score (nSPS) is 55.0. The molecule has 0 radical (unpaired) electrons. The summed E-state index contributed by atoms with van der Waals surface area (Å²) in [5.74, 6) is 0.0250. The van der Waals surface area contributed by atoms with Crippen molar-refractivity contribution in [3.8, 4) is 0 Å². The molecule has 0 unspecified atom stereocenters. The van der Waals surface area contributed by atoms with E-state index in [2.05, 4.69) is 38.8 Å². The lowest BCUT2D eigenvalue weighted by atomic mass is 9.52. The van der Waals surface area contributed by atoms with Gasteiger partial charge in [0.1, 0.15) is 10.4 Å². The molecule has 0 aromatic rings. The summed E-state index contributed by atoms with van der Waals surface area (Å²) >= 11 is 7.08. The fourth-order valence-electron chi connectivity index (χ4n) is 4.99. The van der Waals surface area contributed by atoms with Crippen LogP contribution in [0, 0.1) is 17.3 Å². The summed E-state index contributed by atoms with van der Waals surface area (Å²) in [6.07, 6.45) is 4.87. The van der Waals surface area contributed by atoms with E-state index in [1.807, 2.05) is 6.92 Å². The van der Waals surface area contributed by atoms with E-state index in [1.54, 1.807) is 0 Å². The van der Waals surface area contributed by atoms with E-state index in [1.165, 1.54) is 0 Å². The van der Waals surface area contributed by atoms with Crippen LogP contribution >= 0.6 is 31.9 Å². The largest absolute Gasteiger partial charge is 0.460 e. The average Bonchev–Trinajstić information content (AvgIpc) is 2.60. The Labute approximate surface area is 137 Å². The molecule has 20 heavy (non-hydrogen) atoms. The first kappa shape index (κ1) is 15.3. The van der Waals surface area contributed by atoms with E-state index in [0.29, 0.717) is 5.33 Å². The smallest absolute Gasteiger partial charge is 0.324 e. The zero-order valence-corrected chi connectivity index (χ0v) is 15.2. The van der Waals surface area contributed by atoms with Crippen LogP contribution in [-0.2, 0) is 9.53 Å². The highest BCUT2D eigenvalue weighted by Crippen LogP contribution is 2.61. The highest BCUT2D eigenvalue weighted by Gasteiger charge is 2.65. The summed E-state index contributed by atoms with van der Waals surface area (Å²) in [7, 11) is 0. The minimum absolute atomic E-state index is 0.0462. The van der Waals surface area contributed by atoms with Crippen LogP contribution < -0.4 is 0 Å². The summed E-state index contributed by atoms with van der Waals surface area (Å²) < 4.78 is 5.15. The second kappa shape index (κ2) is 4.69. The quantitative estimate of drug-likeness (QED) is 0.533. The summed E-state index contributed by atoms with van der Waals surface area (Å²) in [5, 5.41) is 11.5. The second-order valence-electron chi connectivity index (χ2n) is 7.35. The Morgan fingerprint density at radius 2 is 2.05 bits per heavy atom. The van der Waals surface area contributed by atoms with Crippen LogP contribution in [0.3, 0.4) is 0 Å². The molecule has 5 heteroatoms. The van der Waals surface area contributed by atoms with Gasteiger partial charge in [-0.1, -0.05) is 45.2 Å². The number of carbonyl (C=O) groups excluding carboxylic acids is 1. The molecule has 0 aromatic carbocycles. The molecule has 0 aromatic heterocycles. The number of aliphatic hydroxyl groups is 1. The standard InChI is InChI=1S/C15H22Br2O3/c1-13-5-3-6-14(2,19)11(13)10-9(4-7-13)15(17,8-16)12(18)20-10/h9-11,19H,3-8H2,1-2H3/t9-,10+,11-,13-,14+,15-/m1/s1. The van der Waals surface area contributed by atoms with Crippen molar-refractivity contribution < 1.29 is 14.6 Å². The van der Waals surface area contributed by atoms with Crippen molar-refractivity contribution in [2.75, 3.05) is 5.33 Å². The monoisotopic (exact) mass is 408 g/mol. The van der Waals surface area contributed by atoms with Gasteiger partial charge >= 0.3 is 5.97 Å². The summed E-state index contributed by atoms with van der Waals surface area (Å²) in [6.45, 7) is 4.19. The highest BCUT2D eigenvalue weighted by atomic mass is 79.9. The van der Waals surface area contributed by atoms with Crippen molar-refractivity contribution in [1.82, 2.24) is 0 Å². The molecular weight excluding hydrogens is 388 g/mol. The van der Waals surface area contributed by atoms with E-state index < -0.39 is 9.93 Å².